The molecule has 0 heterocycles. The first kappa shape index (κ1) is 14.9. The minimum absolute atomic E-state index is 0.0309. The zero-order chi connectivity index (χ0) is 12.9. The molecule has 0 spiro atoms. The Kier molecular flexibility index (Phi) is 6.03. The predicted octanol–water partition coefficient (Wildman–Crippen LogP) is 0.681. The van der Waals surface area contributed by atoms with Gasteiger partial charge < -0.3 is 15.7 Å². The molecule has 0 aromatic carbocycles. The van der Waals surface area contributed by atoms with Gasteiger partial charge in [0.2, 0.25) is 5.91 Å². The van der Waals surface area contributed by atoms with E-state index in [9.17, 15) is 9.59 Å². The van der Waals surface area contributed by atoms with Gasteiger partial charge in [0, 0.05) is 12.6 Å². The third kappa shape index (κ3) is 4.61. The van der Waals surface area contributed by atoms with Crippen molar-refractivity contribution in [3.8, 4) is 0 Å². The number of carbonyl (C=O) groups is 2. The van der Waals surface area contributed by atoms with Crippen LogP contribution < -0.4 is 5.73 Å². The van der Waals surface area contributed by atoms with Crippen molar-refractivity contribution in [2.45, 2.75) is 46.2 Å². The second-order valence-corrected chi connectivity index (χ2v) is 4.54. The molecule has 0 aliphatic rings. The quantitative estimate of drug-likeness (QED) is 0.703. The number of hydrogen-bond acceptors (Lipinski definition) is 3. The molecule has 0 radical (unpaired) electrons. The van der Waals surface area contributed by atoms with E-state index < -0.39 is 12.0 Å². The van der Waals surface area contributed by atoms with Crippen molar-refractivity contribution in [3.63, 3.8) is 0 Å². The average Bonchev–Trinajstić information content (AvgIpc) is 2.15. The second-order valence-electron chi connectivity index (χ2n) is 4.54. The molecule has 0 fully saturated rings. The van der Waals surface area contributed by atoms with Gasteiger partial charge in [-0.2, -0.15) is 0 Å². The maximum atomic E-state index is 11.9. The van der Waals surface area contributed by atoms with Crippen LogP contribution in [-0.2, 0) is 9.59 Å². The van der Waals surface area contributed by atoms with Crippen LogP contribution in [0.2, 0.25) is 0 Å². The van der Waals surface area contributed by atoms with Gasteiger partial charge in [0.15, 0.2) is 0 Å². The summed E-state index contributed by atoms with van der Waals surface area (Å²) in [5, 5.41) is 8.60. The summed E-state index contributed by atoms with van der Waals surface area (Å²) >= 11 is 0. The Hall–Kier alpha value is -1.10. The van der Waals surface area contributed by atoms with Crippen LogP contribution in [0.25, 0.3) is 0 Å². The lowest BCUT2D eigenvalue weighted by Gasteiger charge is -2.30. The lowest BCUT2D eigenvalue weighted by atomic mass is 10.0. The Bertz CT molecular complexity index is 252. The highest BCUT2D eigenvalue weighted by Gasteiger charge is 2.25. The molecule has 0 aromatic heterocycles. The van der Waals surface area contributed by atoms with Crippen LogP contribution in [0.3, 0.4) is 0 Å². The first-order valence-corrected chi connectivity index (χ1v) is 5.55. The molecule has 1 atom stereocenters. The van der Waals surface area contributed by atoms with Crippen molar-refractivity contribution in [3.05, 3.63) is 0 Å². The molecule has 0 saturated carbocycles. The largest absolute Gasteiger partial charge is 0.481 e. The molecule has 3 N–H and O–H groups in total. The van der Waals surface area contributed by atoms with Crippen LogP contribution >= 0.6 is 0 Å². The van der Waals surface area contributed by atoms with Crippen molar-refractivity contribution in [1.29, 1.82) is 0 Å². The number of nitrogens with two attached hydrogens (primary N) is 1. The molecule has 1 amide bonds. The zero-order valence-corrected chi connectivity index (χ0v) is 10.4. The number of hydrogen-bond donors (Lipinski definition) is 2. The van der Waals surface area contributed by atoms with Gasteiger partial charge in [-0.25, -0.2) is 0 Å². The Morgan fingerprint density at radius 2 is 1.75 bits per heavy atom. The molecule has 0 bridgehead atoms. The summed E-state index contributed by atoms with van der Waals surface area (Å²) in [6.45, 7) is 7.67. The van der Waals surface area contributed by atoms with Crippen LogP contribution in [-0.4, -0.2) is 40.5 Å². The Balaban J connectivity index is 4.53. The fourth-order valence-corrected chi connectivity index (χ4v) is 1.32. The van der Waals surface area contributed by atoms with E-state index in [2.05, 4.69) is 0 Å². The van der Waals surface area contributed by atoms with Crippen molar-refractivity contribution >= 4 is 11.9 Å². The molecule has 0 aromatic rings. The topological polar surface area (TPSA) is 83.6 Å². The van der Waals surface area contributed by atoms with Gasteiger partial charge in [0.25, 0.3) is 0 Å². The molecule has 5 heteroatoms. The van der Waals surface area contributed by atoms with Gasteiger partial charge in [-0.3, -0.25) is 9.59 Å². The molecule has 5 nitrogen and oxygen atoms in total. The van der Waals surface area contributed by atoms with Crippen LogP contribution in [0.1, 0.15) is 34.1 Å². The van der Waals surface area contributed by atoms with Crippen molar-refractivity contribution in [2.75, 3.05) is 6.54 Å². The third-order valence-corrected chi connectivity index (χ3v) is 2.48. The summed E-state index contributed by atoms with van der Waals surface area (Å²) in [5.41, 5.74) is 5.77. The molecular formula is C11H22N2O3. The summed E-state index contributed by atoms with van der Waals surface area (Å²) in [6.07, 6.45) is -0.0469. The van der Waals surface area contributed by atoms with Gasteiger partial charge in [0.05, 0.1) is 12.5 Å². The Labute approximate surface area is 96.6 Å². The fraction of sp³-hybridized carbons (Fsp3) is 0.818. The molecule has 94 valence electrons. The van der Waals surface area contributed by atoms with E-state index in [-0.39, 0.29) is 30.8 Å². The normalized spacial score (nSPS) is 12.9. The number of carboxylic acids is 1. The molecular weight excluding hydrogens is 208 g/mol. The standard InChI is InChI=1S/C11H22N2O3/c1-7(2)10(12)11(16)13(8(3)4)6-5-9(14)15/h7-8,10H,5-6,12H2,1-4H3,(H,14,15). The lowest BCUT2D eigenvalue weighted by Crippen LogP contribution is -2.49. The smallest absolute Gasteiger partial charge is 0.305 e. The molecule has 0 saturated heterocycles. The van der Waals surface area contributed by atoms with E-state index in [4.69, 9.17) is 10.8 Å². The maximum absolute atomic E-state index is 11.9. The van der Waals surface area contributed by atoms with Crippen LogP contribution in [0.4, 0.5) is 0 Å². The van der Waals surface area contributed by atoms with E-state index in [0.717, 1.165) is 0 Å². The summed E-state index contributed by atoms with van der Waals surface area (Å²) in [7, 11) is 0. The summed E-state index contributed by atoms with van der Waals surface area (Å²) in [4.78, 5) is 24.0. The monoisotopic (exact) mass is 230 g/mol. The fourth-order valence-electron chi connectivity index (χ4n) is 1.32. The first-order chi connectivity index (χ1) is 7.27. The third-order valence-electron chi connectivity index (χ3n) is 2.48. The number of amides is 1. The highest BCUT2D eigenvalue weighted by Crippen LogP contribution is 2.08. The van der Waals surface area contributed by atoms with Gasteiger partial charge >= 0.3 is 5.97 Å². The second kappa shape index (κ2) is 6.48. The maximum Gasteiger partial charge on any atom is 0.305 e. The molecule has 1 unspecified atom stereocenters. The minimum Gasteiger partial charge on any atom is -0.481 e. The van der Waals surface area contributed by atoms with Crippen molar-refractivity contribution < 1.29 is 14.7 Å². The van der Waals surface area contributed by atoms with Crippen LogP contribution in [0, 0.1) is 5.92 Å². The highest BCUT2D eigenvalue weighted by molar-refractivity contribution is 5.82. The van der Waals surface area contributed by atoms with Gasteiger partial charge in [0.1, 0.15) is 0 Å². The number of rotatable bonds is 6. The predicted molar refractivity (Wildman–Crippen MR) is 61.9 cm³/mol. The molecule has 0 rings (SSSR count). The lowest BCUT2D eigenvalue weighted by molar-refractivity contribution is -0.139. The van der Waals surface area contributed by atoms with Gasteiger partial charge in [-0.1, -0.05) is 13.8 Å². The van der Waals surface area contributed by atoms with E-state index in [1.165, 1.54) is 4.90 Å². The van der Waals surface area contributed by atoms with Gasteiger partial charge in [-0.15, -0.1) is 0 Å². The highest BCUT2D eigenvalue weighted by atomic mass is 16.4. The molecule has 0 aliphatic carbocycles. The summed E-state index contributed by atoms with van der Waals surface area (Å²) in [5.74, 6) is -1.03. The van der Waals surface area contributed by atoms with Gasteiger partial charge in [-0.05, 0) is 19.8 Å². The first-order valence-electron chi connectivity index (χ1n) is 5.55. The SMILES string of the molecule is CC(C)C(N)C(=O)N(CCC(=O)O)C(C)C. The molecule has 16 heavy (non-hydrogen) atoms. The Morgan fingerprint density at radius 3 is 2.06 bits per heavy atom. The molecule has 0 aliphatic heterocycles. The number of nitrogens with zero attached hydrogens (tertiary/aromatic N) is 1. The summed E-state index contributed by atoms with van der Waals surface area (Å²) < 4.78 is 0. The van der Waals surface area contributed by atoms with E-state index in [1.807, 2.05) is 27.7 Å². The van der Waals surface area contributed by atoms with E-state index >= 15 is 0 Å². The summed E-state index contributed by atoms with van der Waals surface area (Å²) in [6, 6.07) is -0.590. The zero-order valence-electron chi connectivity index (χ0n) is 10.4. The number of aliphatic carboxylic acids is 1. The van der Waals surface area contributed by atoms with Crippen molar-refractivity contribution in [1.82, 2.24) is 4.90 Å². The van der Waals surface area contributed by atoms with Crippen LogP contribution in [0.5, 0.6) is 0 Å². The Morgan fingerprint density at radius 1 is 1.25 bits per heavy atom. The van der Waals surface area contributed by atoms with E-state index in [1.54, 1.807) is 0 Å². The van der Waals surface area contributed by atoms with Crippen molar-refractivity contribution in [2.24, 2.45) is 11.7 Å². The minimum atomic E-state index is -0.906. The number of carbonyl (C=O) groups excluding carboxylic acids is 1. The average molecular weight is 230 g/mol. The van der Waals surface area contributed by atoms with E-state index in [0.29, 0.717) is 0 Å². The number of carboxylic acid groups (broad SMARTS) is 1. The van der Waals surface area contributed by atoms with Crippen LogP contribution in [0.15, 0.2) is 0 Å².